The van der Waals surface area contributed by atoms with E-state index in [0.717, 1.165) is 0 Å². The lowest BCUT2D eigenvalue weighted by Gasteiger charge is -2.38. The summed E-state index contributed by atoms with van der Waals surface area (Å²) in [6.45, 7) is 6.29. The quantitative estimate of drug-likeness (QED) is 0.679. The minimum atomic E-state index is -3.10. The van der Waals surface area contributed by atoms with Gasteiger partial charge in [0.1, 0.15) is 5.78 Å². The Morgan fingerprint density at radius 1 is 1.29 bits per heavy atom. The van der Waals surface area contributed by atoms with E-state index in [9.17, 15) is 13.2 Å². The predicted molar refractivity (Wildman–Crippen MR) is 54.4 cm³/mol. The van der Waals surface area contributed by atoms with E-state index < -0.39 is 10.0 Å². The van der Waals surface area contributed by atoms with Crippen molar-refractivity contribution in [1.29, 1.82) is 0 Å². The Morgan fingerprint density at radius 3 is 2.00 bits per heavy atom. The van der Waals surface area contributed by atoms with E-state index in [4.69, 9.17) is 0 Å². The highest BCUT2D eigenvalue weighted by Crippen LogP contribution is 2.27. The standard InChI is InChI=1S/C9H17NO3S/c1-9(2,3)8(11)7-5-10(6-7)14(4,12)13/h7H,5-6H2,1-4H3. The van der Waals surface area contributed by atoms with Gasteiger partial charge in [0.2, 0.25) is 10.0 Å². The fourth-order valence-electron chi connectivity index (χ4n) is 1.49. The van der Waals surface area contributed by atoms with Gasteiger partial charge in [0.15, 0.2) is 0 Å². The molecular formula is C9H17NO3S. The Balaban J connectivity index is 2.55. The number of rotatable bonds is 2. The molecule has 0 saturated carbocycles. The summed E-state index contributed by atoms with van der Waals surface area (Å²) in [6.07, 6.45) is 1.17. The van der Waals surface area contributed by atoms with Crippen LogP contribution in [0.4, 0.5) is 0 Å². The molecule has 0 unspecified atom stereocenters. The minimum Gasteiger partial charge on any atom is -0.299 e. The lowest BCUT2D eigenvalue weighted by atomic mass is 9.80. The summed E-state index contributed by atoms with van der Waals surface area (Å²) in [5.74, 6) is 0.0436. The predicted octanol–water partition coefficient (Wildman–Crippen LogP) is 0.493. The number of nitrogens with zero attached hydrogens (tertiary/aromatic N) is 1. The van der Waals surface area contributed by atoms with Crippen LogP contribution in [0.15, 0.2) is 0 Å². The molecule has 0 atom stereocenters. The van der Waals surface area contributed by atoms with Crippen molar-refractivity contribution in [3.63, 3.8) is 0 Å². The lowest BCUT2D eigenvalue weighted by molar-refractivity contribution is -0.133. The molecule has 0 aromatic heterocycles. The number of hydrogen-bond acceptors (Lipinski definition) is 3. The highest BCUT2D eigenvalue weighted by molar-refractivity contribution is 7.88. The normalized spacial score (nSPS) is 20.6. The molecule has 0 bridgehead atoms. The highest BCUT2D eigenvalue weighted by atomic mass is 32.2. The largest absolute Gasteiger partial charge is 0.299 e. The number of ketones is 1. The van der Waals surface area contributed by atoms with Crippen LogP contribution in [-0.4, -0.2) is 37.9 Å². The first kappa shape index (κ1) is 11.7. The van der Waals surface area contributed by atoms with Crippen molar-refractivity contribution in [2.45, 2.75) is 20.8 Å². The first-order chi connectivity index (χ1) is 6.12. The maximum Gasteiger partial charge on any atom is 0.211 e. The van der Waals surface area contributed by atoms with Crippen LogP contribution in [0.2, 0.25) is 0 Å². The summed E-state index contributed by atoms with van der Waals surface area (Å²) in [5.41, 5.74) is -0.367. The second kappa shape index (κ2) is 3.31. The van der Waals surface area contributed by atoms with Crippen molar-refractivity contribution in [2.24, 2.45) is 11.3 Å². The highest BCUT2D eigenvalue weighted by Gasteiger charge is 2.41. The van der Waals surface area contributed by atoms with Gasteiger partial charge in [-0.05, 0) is 0 Å². The van der Waals surface area contributed by atoms with Crippen molar-refractivity contribution in [3.05, 3.63) is 0 Å². The van der Waals surface area contributed by atoms with E-state index in [2.05, 4.69) is 0 Å². The molecule has 4 nitrogen and oxygen atoms in total. The first-order valence-corrected chi connectivity index (χ1v) is 6.46. The molecule has 82 valence electrons. The van der Waals surface area contributed by atoms with Crippen LogP contribution >= 0.6 is 0 Å². The molecule has 0 aliphatic carbocycles. The molecule has 1 rings (SSSR count). The number of Topliss-reactive ketones (excluding diaryl/α,β-unsaturated/α-hetero) is 1. The summed E-state index contributed by atoms with van der Waals surface area (Å²) in [7, 11) is -3.10. The van der Waals surface area contributed by atoms with Crippen molar-refractivity contribution in [2.75, 3.05) is 19.3 Å². The van der Waals surface area contributed by atoms with Gasteiger partial charge in [0.25, 0.3) is 0 Å². The SMILES string of the molecule is CC(C)(C)C(=O)C1CN(S(C)(=O)=O)C1. The molecule has 5 heteroatoms. The Kier molecular flexibility index (Phi) is 2.75. The average Bonchev–Trinajstić information content (AvgIpc) is 1.77. The zero-order valence-corrected chi connectivity index (χ0v) is 9.89. The Hall–Kier alpha value is -0.420. The van der Waals surface area contributed by atoms with Crippen LogP contribution in [0.25, 0.3) is 0 Å². The van der Waals surface area contributed by atoms with E-state index in [-0.39, 0.29) is 17.1 Å². The average molecular weight is 219 g/mol. The van der Waals surface area contributed by atoms with Crippen molar-refractivity contribution in [3.8, 4) is 0 Å². The number of hydrogen-bond donors (Lipinski definition) is 0. The van der Waals surface area contributed by atoms with Crippen LogP contribution in [-0.2, 0) is 14.8 Å². The third kappa shape index (κ3) is 2.33. The molecule has 1 heterocycles. The number of carbonyl (C=O) groups excluding carboxylic acids is 1. The minimum absolute atomic E-state index is 0.107. The Morgan fingerprint density at radius 2 is 1.71 bits per heavy atom. The molecule has 0 aromatic carbocycles. The second-order valence-electron chi connectivity index (χ2n) is 4.89. The molecule has 1 aliphatic heterocycles. The third-order valence-electron chi connectivity index (χ3n) is 2.43. The molecule has 0 radical (unpaired) electrons. The van der Waals surface area contributed by atoms with E-state index in [1.807, 2.05) is 20.8 Å². The molecular weight excluding hydrogens is 202 g/mol. The van der Waals surface area contributed by atoms with Gasteiger partial charge in [-0.1, -0.05) is 20.8 Å². The van der Waals surface area contributed by atoms with Crippen molar-refractivity contribution >= 4 is 15.8 Å². The monoisotopic (exact) mass is 219 g/mol. The maximum atomic E-state index is 11.7. The summed E-state index contributed by atoms with van der Waals surface area (Å²) in [4.78, 5) is 11.7. The van der Waals surface area contributed by atoms with Gasteiger partial charge in [-0.25, -0.2) is 12.7 Å². The summed E-state index contributed by atoms with van der Waals surface area (Å²) in [5, 5.41) is 0. The molecule has 0 amide bonds. The molecule has 1 saturated heterocycles. The number of carbonyl (C=O) groups is 1. The van der Waals surface area contributed by atoms with E-state index in [1.165, 1.54) is 10.6 Å². The van der Waals surface area contributed by atoms with Gasteiger partial charge >= 0.3 is 0 Å². The fourth-order valence-corrected chi connectivity index (χ4v) is 2.39. The van der Waals surface area contributed by atoms with Gasteiger partial charge in [-0.15, -0.1) is 0 Å². The van der Waals surface area contributed by atoms with Gasteiger partial charge in [0.05, 0.1) is 6.26 Å². The molecule has 0 spiro atoms. The van der Waals surface area contributed by atoms with E-state index in [0.29, 0.717) is 13.1 Å². The molecule has 1 fully saturated rings. The summed E-state index contributed by atoms with van der Waals surface area (Å²) >= 11 is 0. The topological polar surface area (TPSA) is 54.5 Å². The van der Waals surface area contributed by atoms with Gasteiger partial charge in [0, 0.05) is 24.4 Å². The summed E-state index contributed by atoms with van der Waals surface area (Å²) in [6, 6.07) is 0. The van der Waals surface area contributed by atoms with Crippen molar-refractivity contribution < 1.29 is 13.2 Å². The molecule has 0 N–H and O–H groups in total. The van der Waals surface area contributed by atoms with Crippen LogP contribution in [0.3, 0.4) is 0 Å². The van der Waals surface area contributed by atoms with Gasteiger partial charge in [-0.2, -0.15) is 0 Å². The molecule has 14 heavy (non-hydrogen) atoms. The zero-order valence-electron chi connectivity index (χ0n) is 9.07. The van der Waals surface area contributed by atoms with Gasteiger partial charge < -0.3 is 0 Å². The maximum absolute atomic E-state index is 11.7. The lowest BCUT2D eigenvalue weighted by Crippen LogP contribution is -2.54. The zero-order chi connectivity index (χ0) is 11.1. The second-order valence-corrected chi connectivity index (χ2v) is 6.87. The third-order valence-corrected chi connectivity index (χ3v) is 3.66. The van der Waals surface area contributed by atoms with Crippen LogP contribution in [0.5, 0.6) is 0 Å². The van der Waals surface area contributed by atoms with Crippen LogP contribution < -0.4 is 0 Å². The van der Waals surface area contributed by atoms with Gasteiger partial charge in [-0.3, -0.25) is 4.79 Å². The summed E-state index contributed by atoms with van der Waals surface area (Å²) < 4.78 is 23.4. The molecule has 1 aliphatic rings. The fraction of sp³-hybridized carbons (Fsp3) is 0.889. The molecule has 0 aromatic rings. The van der Waals surface area contributed by atoms with E-state index >= 15 is 0 Å². The van der Waals surface area contributed by atoms with Crippen molar-refractivity contribution in [1.82, 2.24) is 4.31 Å². The Labute approximate surface area is 85.3 Å². The Bertz CT molecular complexity index is 334. The van der Waals surface area contributed by atoms with E-state index in [1.54, 1.807) is 0 Å². The van der Waals surface area contributed by atoms with Crippen LogP contribution in [0, 0.1) is 11.3 Å². The first-order valence-electron chi connectivity index (χ1n) is 4.62. The van der Waals surface area contributed by atoms with Crippen LogP contribution in [0.1, 0.15) is 20.8 Å². The smallest absolute Gasteiger partial charge is 0.211 e. The number of sulfonamides is 1.